The van der Waals surface area contributed by atoms with Crippen LogP contribution in [0.5, 0.6) is 0 Å². The minimum Gasteiger partial charge on any atom is -0.726 e. The molecule has 0 saturated carbocycles. The summed E-state index contributed by atoms with van der Waals surface area (Å²) >= 11 is 0. The van der Waals surface area contributed by atoms with Crippen LogP contribution in [-0.2, 0) is 14.6 Å². The molecule has 0 aliphatic carbocycles. The van der Waals surface area contributed by atoms with E-state index in [1.807, 2.05) is 0 Å². The number of nitrogens with two attached hydrogens (primary N) is 1. The summed E-state index contributed by atoms with van der Waals surface area (Å²) in [7, 11) is -4.44. The molecule has 94 valence electrons. The zero-order valence-corrected chi connectivity index (χ0v) is 10.3. The minimum atomic E-state index is -4.44. The highest BCUT2D eigenvalue weighted by atomic mass is 32.3. The van der Waals surface area contributed by atoms with Crippen molar-refractivity contribution in [3.05, 3.63) is 36.0 Å². The van der Waals surface area contributed by atoms with Crippen molar-refractivity contribution in [2.45, 2.75) is 13.3 Å². The number of hydrogen-bond donors (Lipinski definition) is 1. The van der Waals surface area contributed by atoms with Crippen molar-refractivity contribution in [3.8, 4) is 0 Å². The van der Waals surface area contributed by atoms with Crippen molar-refractivity contribution in [3.63, 3.8) is 0 Å². The molecule has 1 aliphatic heterocycles. The van der Waals surface area contributed by atoms with Gasteiger partial charge >= 0.3 is 0 Å². The maximum Gasteiger partial charge on any atom is 0.217 e. The molecule has 0 fully saturated rings. The van der Waals surface area contributed by atoms with Gasteiger partial charge in [0.2, 0.25) is 10.4 Å². The summed E-state index contributed by atoms with van der Waals surface area (Å²) in [5.74, 6) is 0. The van der Waals surface area contributed by atoms with Crippen LogP contribution >= 0.6 is 0 Å². The van der Waals surface area contributed by atoms with Crippen LogP contribution in [0.25, 0.3) is 6.08 Å². The molecule has 1 aromatic carbocycles. The third kappa shape index (κ3) is 5.60. The maximum atomic E-state index is 9.61. The van der Waals surface area contributed by atoms with E-state index in [1.54, 1.807) is 6.92 Å². The second kappa shape index (κ2) is 6.51. The number of quaternary nitrogens is 1. The van der Waals surface area contributed by atoms with Crippen molar-refractivity contribution >= 4 is 22.2 Å². The third-order valence-corrected chi connectivity index (χ3v) is 2.43. The molecule has 2 rings (SSSR count). The molecule has 1 aliphatic rings. The second-order valence-corrected chi connectivity index (χ2v) is 4.44. The quantitative estimate of drug-likeness (QED) is 0.492. The monoisotopic (exact) mass is 257 g/mol. The Morgan fingerprint density at radius 2 is 2.06 bits per heavy atom. The van der Waals surface area contributed by atoms with Crippen molar-refractivity contribution < 1.29 is 22.5 Å². The molecule has 1 aromatic rings. The Labute approximate surface area is 101 Å². The smallest absolute Gasteiger partial charge is 0.217 e. The standard InChI is InChI=1S/C8H7N.C3H8O4S/c1-2-4-8-7(3-1)5-6-9-8;1-2-3-7-8(4,5)6/h1-6,9H;2-3H2,1H3,(H,4,5,6). The van der Waals surface area contributed by atoms with Gasteiger partial charge in [-0.2, -0.15) is 0 Å². The normalized spacial score (nSPS) is 12.8. The fraction of sp³-hybridized carbons (Fsp3) is 0.273. The molecular weight excluding hydrogens is 242 g/mol. The number of rotatable bonds is 3. The molecule has 2 N–H and O–H groups in total. The van der Waals surface area contributed by atoms with Crippen LogP contribution in [0.2, 0.25) is 0 Å². The van der Waals surface area contributed by atoms with Gasteiger partial charge in [0.15, 0.2) is 0 Å². The third-order valence-electron chi connectivity index (χ3n) is 1.98. The van der Waals surface area contributed by atoms with Crippen LogP contribution in [0.3, 0.4) is 0 Å². The number of fused-ring (bicyclic) bond motifs is 1. The highest BCUT2D eigenvalue weighted by Gasteiger charge is 2.04. The predicted molar refractivity (Wildman–Crippen MR) is 63.0 cm³/mol. The Balaban J connectivity index is 0.000000172. The molecule has 6 heteroatoms. The average molecular weight is 257 g/mol. The van der Waals surface area contributed by atoms with Crippen LogP contribution in [0.1, 0.15) is 18.9 Å². The predicted octanol–water partition coefficient (Wildman–Crippen LogP) is 0.739. The first-order chi connectivity index (χ1) is 8.03. The van der Waals surface area contributed by atoms with Gasteiger partial charge in [0, 0.05) is 17.7 Å². The van der Waals surface area contributed by atoms with Crippen LogP contribution in [-0.4, -0.2) is 19.6 Å². The van der Waals surface area contributed by atoms with E-state index in [0.717, 1.165) is 0 Å². The van der Waals surface area contributed by atoms with E-state index >= 15 is 0 Å². The van der Waals surface area contributed by atoms with Crippen molar-refractivity contribution in [2.75, 3.05) is 6.61 Å². The van der Waals surface area contributed by atoms with E-state index in [4.69, 9.17) is 0 Å². The molecule has 0 bridgehead atoms. The zero-order chi connectivity index (χ0) is 12.7. The summed E-state index contributed by atoms with van der Waals surface area (Å²) in [6.45, 7) is 1.69. The first-order valence-corrected chi connectivity index (χ1v) is 6.57. The molecule has 0 unspecified atom stereocenters. The van der Waals surface area contributed by atoms with E-state index < -0.39 is 10.4 Å². The molecule has 0 aromatic heterocycles. The Kier molecular flexibility index (Phi) is 5.30. The molecule has 0 amide bonds. The zero-order valence-electron chi connectivity index (χ0n) is 9.50. The average Bonchev–Trinajstić information content (AvgIpc) is 2.74. The highest BCUT2D eigenvalue weighted by Crippen LogP contribution is 2.13. The Hall–Kier alpha value is -1.21. The van der Waals surface area contributed by atoms with Crippen molar-refractivity contribution in [1.82, 2.24) is 0 Å². The molecule has 0 radical (unpaired) electrons. The van der Waals surface area contributed by atoms with Gasteiger partial charge in [-0.3, -0.25) is 9.50 Å². The first-order valence-electron chi connectivity index (χ1n) is 5.23. The SMILES string of the molecule is C1=Cc2ccccc2[NH2+]1.CCCOS(=O)(=O)[O-]. The van der Waals surface area contributed by atoms with E-state index in [1.165, 1.54) is 11.3 Å². The van der Waals surface area contributed by atoms with Crippen molar-refractivity contribution in [1.29, 1.82) is 0 Å². The van der Waals surface area contributed by atoms with Gasteiger partial charge in [-0.1, -0.05) is 19.1 Å². The van der Waals surface area contributed by atoms with E-state index in [-0.39, 0.29) is 6.61 Å². The van der Waals surface area contributed by atoms with Gasteiger partial charge in [0.1, 0.15) is 5.69 Å². The summed E-state index contributed by atoms with van der Waals surface area (Å²) in [5.41, 5.74) is 2.66. The molecular formula is C11H15NO4S. The summed E-state index contributed by atoms with van der Waals surface area (Å²) in [6, 6.07) is 8.36. The molecule has 1 heterocycles. The lowest BCUT2D eigenvalue weighted by Crippen LogP contribution is -2.69. The van der Waals surface area contributed by atoms with Gasteiger partial charge in [-0.15, -0.1) is 0 Å². The number of para-hydroxylation sites is 1. The molecule has 5 nitrogen and oxygen atoms in total. The van der Waals surface area contributed by atoms with Crippen LogP contribution < -0.4 is 5.32 Å². The minimum absolute atomic E-state index is 0.0220. The summed E-state index contributed by atoms with van der Waals surface area (Å²) in [4.78, 5) is 0. The van der Waals surface area contributed by atoms with E-state index in [0.29, 0.717) is 6.42 Å². The maximum absolute atomic E-state index is 9.61. The van der Waals surface area contributed by atoms with Gasteiger partial charge in [-0.05, 0) is 12.5 Å². The lowest BCUT2D eigenvalue weighted by molar-refractivity contribution is -0.491. The van der Waals surface area contributed by atoms with Gasteiger partial charge in [0.05, 0.1) is 12.8 Å². The second-order valence-electron chi connectivity index (χ2n) is 3.38. The number of benzene rings is 1. The van der Waals surface area contributed by atoms with Gasteiger partial charge in [-0.25, -0.2) is 8.42 Å². The molecule has 0 atom stereocenters. The molecule has 0 saturated heterocycles. The largest absolute Gasteiger partial charge is 0.726 e. The summed E-state index contributed by atoms with van der Waals surface area (Å²) < 4.78 is 32.6. The first kappa shape index (κ1) is 13.9. The van der Waals surface area contributed by atoms with Crippen molar-refractivity contribution in [2.24, 2.45) is 0 Å². The van der Waals surface area contributed by atoms with Gasteiger partial charge < -0.3 is 4.55 Å². The Morgan fingerprint density at radius 1 is 1.35 bits per heavy atom. The summed E-state index contributed by atoms with van der Waals surface area (Å²) in [6.07, 6.45) is 4.72. The fourth-order valence-electron chi connectivity index (χ4n) is 1.26. The fourth-order valence-corrected chi connectivity index (χ4v) is 1.63. The topological polar surface area (TPSA) is 83.0 Å². The van der Waals surface area contributed by atoms with Crippen LogP contribution in [0, 0.1) is 0 Å². The van der Waals surface area contributed by atoms with Gasteiger partial charge in [0.25, 0.3) is 0 Å². The highest BCUT2D eigenvalue weighted by molar-refractivity contribution is 7.80. The number of hydrogen-bond acceptors (Lipinski definition) is 4. The molecule has 17 heavy (non-hydrogen) atoms. The lowest BCUT2D eigenvalue weighted by Gasteiger charge is -2.04. The van der Waals surface area contributed by atoms with Crippen LogP contribution in [0.4, 0.5) is 5.69 Å². The lowest BCUT2D eigenvalue weighted by atomic mass is 10.2. The molecule has 0 spiro atoms. The van der Waals surface area contributed by atoms with E-state index in [9.17, 15) is 13.0 Å². The van der Waals surface area contributed by atoms with E-state index in [2.05, 4.69) is 46.0 Å². The summed E-state index contributed by atoms with van der Waals surface area (Å²) in [5, 5.41) is 2.12. The van der Waals surface area contributed by atoms with Crippen LogP contribution in [0.15, 0.2) is 30.5 Å². The Bertz CT molecular complexity index is 482. The Morgan fingerprint density at radius 3 is 2.59 bits per heavy atom.